The van der Waals surface area contributed by atoms with Crippen molar-refractivity contribution in [1.82, 2.24) is 4.90 Å². The molecule has 2 amide bonds. The average Bonchev–Trinajstić information content (AvgIpc) is 2.31. The molecule has 0 saturated carbocycles. The number of urea groups is 1. The van der Waals surface area contributed by atoms with Crippen LogP contribution in [0, 0.1) is 6.92 Å². The van der Waals surface area contributed by atoms with Crippen molar-refractivity contribution in [3.05, 3.63) is 29.3 Å². The first kappa shape index (κ1) is 15.0. The van der Waals surface area contributed by atoms with Gasteiger partial charge in [0, 0.05) is 18.3 Å². The van der Waals surface area contributed by atoms with E-state index < -0.39 is 5.97 Å². The zero-order chi connectivity index (χ0) is 14.6. The predicted octanol–water partition coefficient (Wildman–Crippen LogP) is 2.96. The van der Waals surface area contributed by atoms with Crippen molar-refractivity contribution in [3.63, 3.8) is 0 Å². The lowest BCUT2D eigenvalue weighted by Crippen LogP contribution is -2.39. The first-order chi connectivity index (χ1) is 8.88. The van der Waals surface area contributed by atoms with E-state index in [0.717, 1.165) is 0 Å². The van der Waals surface area contributed by atoms with Crippen molar-refractivity contribution in [2.24, 2.45) is 0 Å². The number of amides is 2. The first-order valence-electron chi connectivity index (χ1n) is 6.29. The number of carbonyl (C=O) groups excluding carboxylic acids is 1. The van der Waals surface area contributed by atoms with E-state index in [1.165, 1.54) is 6.07 Å². The minimum Gasteiger partial charge on any atom is -0.478 e. The van der Waals surface area contributed by atoms with E-state index in [9.17, 15) is 9.59 Å². The van der Waals surface area contributed by atoms with E-state index in [1.807, 2.05) is 20.8 Å². The summed E-state index contributed by atoms with van der Waals surface area (Å²) in [6.45, 7) is 8.05. The number of rotatable bonds is 4. The van der Waals surface area contributed by atoms with E-state index in [4.69, 9.17) is 5.11 Å². The number of nitrogens with zero attached hydrogens (tertiary/aromatic N) is 1. The summed E-state index contributed by atoms with van der Waals surface area (Å²) < 4.78 is 0. The highest BCUT2D eigenvalue weighted by molar-refractivity contribution is 5.95. The molecule has 1 aromatic rings. The zero-order valence-electron chi connectivity index (χ0n) is 11.7. The number of benzene rings is 1. The molecule has 0 saturated heterocycles. The minimum atomic E-state index is -0.996. The third kappa shape index (κ3) is 3.47. The lowest BCUT2D eigenvalue weighted by molar-refractivity contribution is 0.0696. The van der Waals surface area contributed by atoms with Crippen LogP contribution in [0.1, 0.15) is 36.7 Å². The molecule has 0 aliphatic heterocycles. The molecule has 1 rings (SSSR count). The Labute approximate surface area is 113 Å². The Morgan fingerprint density at radius 2 is 2.00 bits per heavy atom. The van der Waals surface area contributed by atoms with E-state index in [0.29, 0.717) is 17.8 Å². The molecular weight excluding hydrogens is 244 g/mol. The molecule has 0 atom stereocenters. The lowest BCUT2D eigenvalue weighted by Gasteiger charge is -2.25. The van der Waals surface area contributed by atoms with Crippen LogP contribution in [0.15, 0.2) is 18.2 Å². The monoisotopic (exact) mass is 264 g/mol. The van der Waals surface area contributed by atoms with Crippen molar-refractivity contribution in [1.29, 1.82) is 0 Å². The van der Waals surface area contributed by atoms with Gasteiger partial charge < -0.3 is 15.3 Å². The summed E-state index contributed by atoms with van der Waals surface area (Å²) in [5.74, 6) is -0.996. The second kappa shape index (κ2) is 6.22. The Kier molecular flexibility index (Phi) is 4.92. The molecule has 5 nitrogen and oxygen atoms in total. The van der Waals surface area contributed by atoms with Crippen molar-refractivity contribution < 1.29 is 14.7 Å². The van der Waals surface area contributed by atoms with Crippen molar-refractivity contribution in [3.8, 4) is 0 Å². The van der Waals surface area contributed by atoms with Gasteiger partial charge in [0.1, 0.15) is 0 Å². The predicted molar refractivity (Wildman–Crippen MR) is 74.7 cm³/mol. The Morgan fingerprint density at radius 3 is 2.47 bits per heavy atom. The SMILES string of the molecule is CCN(C(=O)Nc1cccc(C(=O)O)c1C)C(C)C. The highest BCUT2D eigenvalue weighted by Gasteiger charge is 2.17. The van der Waals surface area contributed by atoms with Gasteiger partial charge in [0.15, 0.2) is 0 Å². The molecule has 0 bridgehead atoms. The van der Waals surface area contributed by atoms with Gasteiger partial charge in [0.25, 0.3) is 0 Å². The highest BCUT2D eigenvalue weighted by Crippen LogP contribution is 2.19. The summed E-state index contributed by atoms with van der Waals surface area (Å²) in [5, 5.41) is 11.8. The zero-order valence-corrected chi connectivity index (χ0v) is 11.7. The van der Waals surface area contributed by atoms with Crippen LogP contribution >= 0.6 is 0 Å². The fraction of sp³-hybridized carbons (Fsp3) is 0.429. The maximum absolute atomic E-state index is 12.1. The smallest absolute Gasteiger partial charge is 0.336 e. The molecule has 19 heavy (non-hydrogen) atoms. The van der Waals surface area contributed by atoms with Gasteiger partial charge in [-0.05, 0) is 45.4 Å². The normalized spacial score (nSPS) is 10.4. The van der Waals surface area contributed by atoms with Crippen LogP contribution in [0.25, 0.3) is 0 Å². The number of aromatic carboxylic acids is 1. The van der Waals surface area contributed by atoms with Crippen LogP contribution in [0.5, 0.6) is 0 Å². The van der Waals surface area contributed by atoms with E-state index in [2.05, 4.69) is 5.32 Å². The lowest BCUT2D eigenvalue weighted by atomic mass is 10.1. The first-order valence-corrected chi connectivity index (χ1v) is 6.29. The summed E-state index contributed by atoms with van der Waals surface area (Å²) in [7, 11) is 0. The van der Waals surface area contributed by atoms with E-state index in [1.54, 1.807) is 24.0 Å². The third-order valence-corrected chi connectivity index (χ3v) is 3.03. The molecule has 0 unspecified atom stereocenters. The van der Waals surface area contributed by atoms with Crippen LogP contribution in [0.2, 0.25) is 0 Å². The van der Waals surface area contributed by atoms with E-state index in [-0.39, 0.29) is 17.6 Å². The molecule has 0 fully saturated rings. The van der Waals surface area contributed by atoms with Gasteiger partial charge in [0.05, 0.1) is 5.56 Å². The largest absolute Gasteiger partial charge is 0.478 e. The minimum absolute atomic E-state index is 0.0907. The van der Waals surface area contributed by atoms with Gasteiger partial charge in [-0.25, -0.2) is 9.59 Å². The van der Waals surface area contributed by atoms with Crippen LogP contribution < -0.4 is 5.32 Å². The summed E-state index contributed by atoms with van der Waals surface area (Å²) >= 11 is 0. The molecule has 0 aliphatic rings. The standard InChI is InChI=1S/C14H20N2O3/c1-5-16(9(2)3)14(19)15-12-8-6-7-11(10(12)4)13(17)18/h6-9H,5H2,1-4H3,(H,15,19)(H,17,18). The fourth-order valence-electron chi connectivity index (χ4n) is 1.93. The van der Waals surface area contributed by atoms with Crippen LogP contribution in [0.4, 0.5) is 10.5 Å². The van der Waals surface area contributed by atoms with Crippen LogP contribution in [-0.4, -0.2) is 34.6 Å². The Balaban J connectivity index is 2.97. The van der Waals surface area contributed by atoms with Gasteiger partial charge in [-0.2, -0.15) is 0 Å². The topological polar surface area (TPSA) is 69.6 Å². The molecule has 0 aliphatic carbocycles. The number of carboxylic acids is 1. The summed E-state index contributed by atoms with van der Waals surface area (Å²) in [5.41, 5.74) is 1.29. The van der Waals surface area contributed by atoms with Gasteiger partial charge in [-0.3, -0.25) is 0 Å². The second-order valence-corrected chi connectivity index (χ2v) is 4.59. The summed E-state index contributed by atoms with van der Waals surface area (Å²) in [6.07, 6.45) is 0. The molecule has 0 aromatic heterocycles. The summed E-state index contributed by atoms with van der Waals surface area (Å²) in [6, 6.07) is 4.72. The fourth-order valence-corrected chi connectivity index (χ4v) is 1.93. The number of carboxylic acid groups (broad SMARTS) is 1. The Bertz CT molecular complexity index is 484. The molecule has 0 spiro atoms. The molecule has 0 heterocycles. The number of carbonyl (C=O) groups is 2. The van der Waals surface area contributed by atoms with Crippen LogP contribution in [-0.2, 0) is 0 Å². The van der Waals surface area contributed by atoms with E-state index >= 15 is 0 Å². The quantitative estimate of drug-likeness (QED) is 0.878. The average molecular weight is 264 g/mol. The highest BCUT2D eigenvalue weighted by atomic mass is 16.4. The van der Waals surface area contributed by atoms with Gasteiger partial charge >= 0.3 is 12.0 Å². The second-order valence-electron chi connectivity index (χ2n) is 4.59. The maximum Gasteiger partial charge on any atom is 0.336 e. The molecular formula is C14H20N2O3. The molecule has 5 heteroatoms. The van der Waals surface area contributed by atoms with Crippen molar-refractivity contribution in [2.45, 2.75) is 33.7 Å². The van der Waals surface area contributed by atoms with Gasteiger partial charge in [-0.1, -0.05) is 6.07 Å². The molecule has 0 radical (unpaired) electrons. The van der Waals surface area contributed by atoms with Crippen LogP contribution in [0.3, 0.4) is 0 Å². The summed E-state index contributed by atoms with van der Waals surface area (Å²) in [4.78, 5) is 24.8. The Morgan fingerprint density at radius 1 is 1.37 bits per heavy atom. The number of anilines is 1. The molecule has 1 aromatic carbocycles. The number of hydrogen-bond acceptors (Lipinski definition) is 2. The molecule has 104 valence electrons. The van der Waals surface area contributed by atoms with Crippen molar-refractivity contribution in [2.75, 3.05) is 11.9 Å². The van der Waals surface area contributed by atoms with Gasteiger partial charge in [-0.15, -0.1) is 0 Å². The van der Waals surface area contributed by atoms with Gasteiger partial charge in [0.2, 0.25) is 0 Å². The number of nitrogens with one attached hydrogen (secondary N) is 1. The number of hydrogen-bond donors (Lipinski definition) is 2. The maximum atomic E-state index is 12.1. The Hall–Kier alpha value is -2.04. The molecule has 2 N–H and O–H groups in total. The van der Waals surface area contributed by atoms with Crippen molar-refractivity contribution >= 4 is 17.7 Å². The third-order valence-electron chi connectivity index (χ3n) is 3.03.